The molecule has 0 saturated heterocycles. The van der Waals surface area contributed by atoms with Gasteiger partial charge in [0.25, 0.3) is 0 Å². The van der Waals surface area contributed by atoms with Crippen LogP contribution in [0.3, 0.4) is 0 Å². The summed E-state index contributed by atoms with van der Waals surface area (Å²) in [5.41, 5.74) is 3.91. The zero-order valence-corrected chi connectivity index (χ0v) is 16.1. The van der Waals surface area contributed by atoms with Crippen molar-refractivity contribution in [3.8, 4) is 11.5 Å². The van der Waals surface area contributed by atoms with Crippen molar-refractivity contribution in [2.24, 2.45) is 5.92 Å². The Morgan fingerprint density at radius 1 is 1.24 bits per heavy atom. The van der Waals surface area contributed by atoms with E-state index in [1.165, 1.54) is 0 Å². The van der Waals surface area contributed by atoms with E-state index in [1.54, 1.807) is 25.6 Å². The van der Waals surface area contributed by atoms with Gasteiger partial charge in [0.15, 0.2) is 11.5 Å². The Morgan fingerprint density at radius 3 is 2.60 bits per heavy atom. The van der Waals surface area contributed by atoms with Crippen LogP contribution in [0.15, 0.2) is 29.1 Å². The fourth-order valence-corrected chi connectivity index (χ4v) is 3.16. The third-order valence-electron chi connectivity index (χ3n) is 4.15. The second-order valence-electron chi connectivity index (χ2n) is 6.29. The molecule has 1 amide bonds. The van der Waals surface area contributed by atoms with Crippen LogP contribution in [-0.2, 0) is 17.6 Å². The molecule has 5 nitrogen and oxygen atoms in total. The number of benzene rings is 1. The van der Waals surface area contributed by atoms with Crippen molar-refractivity contribution in [3.05, 3.63) is 40.3 Å². The number of hydrogen-bond donors (Lipinski definition) is 1. The first-order valence-electron chi connectivity index (χ1n) is 8.40. The van der Waals surface area contributed by atoms with E-state index in [4.69, 9.17) is 9.47 Å². The molecular weight excluding hydrogens is 336 g/mol. The number of thiazole rings is 1. The Morgan fingerprint density at radius 2 is 2.00 bits per heavy atom. The molecule has 0 spiro atoms. The van der Waals surface area contributed by atoms with E-state index in [0.29, 0.717) is 30.3 Å². The molecule has 1 aromatic carbocycles. The molecule has 0 unspecified atom stereocenters. The first kappa shape index (κ1) is 19.2. The third kappa shape index (κ3) is 5.74. The minimum Gasteiger partial charge on any atom is -0.493 e. The van der Waals surface area contributed by atoms with Crippen LogP contribution in [0.5, 0.6) is 11.5 Å². The summed E-state index contributed by atoms with van der Waals surface area (Å²) in [5, 5.41) is 5.18. The maximum Gasteiger partial charge on any atom is 0.220 e. The number of ether oxygens (including phenoxy) is 2. The van der Waals surface area contributed by atoms with Crippen molar-refractivity contribution in [3.63, 3.8) is 0 Å². The molecule has 0 radical (unpaired) electrons. The summed E-state index contributed by atoms with van der Waals surface area (Å²) in [5.74, 6) is 1.79. The smallest absolute Gasteiger partial charge is 0.220 e. The molecule has 0 saturated carbocycles. The predicted molar refractivity (Wildman–Crippen MR) is 100 cm³/mol. The molecule has 0 bridgehead atoms. The van der Waals surface area contributed by atoms with E-state index >= 15 is 0 Å². The van der Waals surface area contributed by atoms with Crippen LogP contribution in [-0.4, -0.2) is 31.2 Å². The van der Waals surface area contributed by atoms with E-state index in [2.05, 4.69) is 24.1 Å². The van der Waals surface area contributed by atoms with Gasteiger partial charge < -0.3 is 14.8 Å². The Hall–Kier alpha value is -2.08. The second-order valence-corrected chi connectivity index (χ2v) is 7.01. The summed E-state index contributed by atoms with van der Waals surface area (Å²) < 4.78 is 10.5. The van der Waals surface area contributed by atoms with Crippen LogP contribution in [0.4, 0.5) is 0 Å². The van der Waals surface area contributed by atoms with Gasteiger partial charge in [-0.2, -0.15) is 0 Å². The van der Waals surface area contributed by atoms with E-state index in [-0.39, 0.29) is 11.9 Å². The molecule has 25 heavy (non-hydrogen) atoms. The first-order chi connectivity index (χ1) is 12.0. The van der Waals surface area contributed by atoms with E-state index in [1.807, 2.05) is 29.1 Å². The number of methoxy groups -OCH3 is 2. The van der Waals surface area contributed by atoms with Crippen molar-refractivity contribution in [2.45, 2.75) is 39.2 Å². The van der Waals surface area contributed by atoms with Gasteiger partial charge in [-0.05, 0) is 30.0 Å². The van der Waals surface area contributed by atoms with Gasteiger partial charge in [0.1, 0.15) is 0 Å². The number of carbonyl (C=O) groups excluding carboxylic acids is 1. The minimum absolute atomic E-state index is 0.0590. The summed E-state index contributed by atoms with van der Waals surface area (Å²) in [6, 6.07) is 5.84. The number of hydrogen-bond acceptors (Lipinski definition) is 5. The molecular formula is C19H26N2O3S. The first-order valence-corrected chi connectivity index (χ1v) is 9.35. The quantitative estimate of drug-likeness (QED) is 0.742. The molecule has 1 atom stereocenters. The molecule has 2 aromatic rings. The third-order valence-corrected chi connectivity index (χ3v) is 4.79. The number of aryl methyl sites for hydroxylation is 1. The normalized spacial score (nSPS) is 12.0. The monoisotopic (exact) mass is 362 g/mol. The maximum absolute atomic E-state index is 12.4. The Bertz CT molecular complexity index is 671. The summed E-state index contributed by atoms with van der Waals surface area (Å²) >= 11 is 1.58. The van der Waals surface area contributed by atoms with Crippen LogP contribution < -0.4 is 14.8 Å². The number of aromatic nitrogens is 1. The lowest BCUT2D eigenvalue weighted by Crippen LogP contribution is -2.40. The van der Waals surface area contributed by atoms with Crippen LogP contribution in [0.25, 0.3) is 0 Å². The maximum atomic E-state index is 12.4. The van der Waals surface area contributed by atoms with Gasteiger partial charge >= 0.3 is 0 Å². The highest BCUT2D eigenvalue weighted by Crippen LogP contribution is 2.28. The zero-order chi connectivity index (χ0) is 18.2. The Kier molecular flexibility index (Phi) is 7.25. The molecule has 0 aliphatic rings. The molecule has 6 heteroatoms. The highest BCUT2D eigenvalue weighted by molar-refractivity contribution is 7.07. The lowest BCUT2D eigenvalue weighted by molar-refractivity contribution is -0.122. The molecule has 1 N–H and O–H groups in total. The van der Waals surface area contributed by atoms with Gasteiger partial charge in [0.05, 0.1) is 25.4 Å². The SMILES string of the molecule is COc1ccc(CCC(=O)N[C@@H](Cc2cscn2)C(C)C)cc1OC. The fourth-order valence-electron chi connectivity index (χ4n) is 2.59. The highest BCUT2D eigenvalue weighted by atomic mass is 32.1. The van der Waals surface area contributed by atoms with Gasteiger partial charge in [-0.1, -0.05) is 19.9 Å². The summed E-state index contributed by atoms with van der Waals surface area (Å²) in [6.07, 6.45) is 1.87. The van der Waals surface area contributed by atoms with Gasteiger partial charge in [-0.25, -0.2) is 4.98 Å². The van der Waals surface area contributed by atoms with E-state index in [9.17, 15) is 4.79 Å². The van der Waals surface area contributed by atoms with Crippen molar-refractivity contribution in [1.82, 2.24) is 10.3 Å². The predicted octanol–water partition coefficient (Wildman–Crippen LogP) is 3.48. The second kappa shape index (κ2) is 9.42. The van der Waals surface area contributed by atoms with E-state index < -0.39 is 0 Å². The fraction of sp³-hybridized carbons (Fsp3) is 0.474. The molecule has 136 valence electrons. The Balaban J connectivity index is 1.90. The van der Waals surface area contributed by atoms with Crippen LogP contribution >= 0.6 is 11.3 Å². The summed E-state index contributed by atoms with van der Waals surface area (Å²) in [4.78, 5) is 16.7. The lowest BCUT2D eigenvalue weighted by atomic mass is 9.99. The number of carbonyl (C=O) groups is 1. The average Bonchev–Trinajstić information content (AvgIpc) is 3.12. The molecule has 0 fully saturated rings. The summed E-state index contributed by atoms with van der Waals surface area (Å²) in [7, 11) is 3.22. The molecule has 2 rings (SSSR count). The number of nitrogens with zero attached hydrogens (tertiary/aromatic N) is 1. The van der Waals surface area contributed by atoms with Gasteiger partial charge in [0.2, 0.25) is 5.91 Å². The van der Waals surface area contributed by atoms with Crippen molar-refractivity contribution in [1.29, 1.82) is 0 Å². The number of amides is 1. The standard InChI is InChI=1S/C19H26N2O3S/c1-13(2)16(10-15-11-25-12-20-15)21-19(22)8-6-14-5-7-17(23-3)18(9-14)24-4/h5,7,9,11-13,16H,6,8,10H2,1-4H3,(H,21,22)/t16-/m0/s1. The van der Waals surface area contributed by atoms with Crippen LogP contribution in [0, 0.1) is 5.92 Å². The zero-order valence-electron chi connectivity index (χ0n) is 15.2. The van der Waals surface area contributed by atoms with Crippen molar-refractivity contribution in [2.75, 3.05) is 14.2 Å². The van der Waals surface area contributed by atoms with Gasteiger partial charge in [-0.3, -0.25) is 4.79 Å². The molecule has 1 aromatic heterocycles. The van der Waals surface area contributed by atoms with Gasteiger partial charge in [-0.15, -0.1) is 11.3 Å². The van der Waals surface area contributed by atoms with Crippen LogP contribution in [0.1, 0.15) is 31.5 Å². The van der Waals surface area contributed by atoms with Crippen molar-refractivity contribution < 1.29 is 14.3 Å². The van der Waals surface area contributed by atoms with E-state index in [0.717, 1.165) is 17.7 Å². The Labute approximate surface area is 153 Å². The van der Waals surface area contributed by atoms with Crippen LogP contribution in [0.2, 0.25) is 0 Å². The molecule has 0 aliphatic carbocycles. The lowest BCUT2D eigenvalue weighted by Gasteiger charge is -2.21. The molecule has 1 heterocycles. The molecule has 0 aliphatic heterocycles. The average molecular weight is 362 g/mol. The number of nitrogens with one attached hydrogen (secondary N) is 1. The van der Waals surface area contributed by atoms with Gasteiger partial charge in [0, 0.05) is 24.3 Å². The number of rotatable bonds is 9. The van der Waals surface area contributed by atoms with Crippen molar-refractivity contribution >= 4 is 17.2 Å². The minimum atomic E-state index is 0.0590. The highest BCUT2D eigenvalue weighted by Gasteiger charge is 2.17. The largest absolute Gasteiger partial charge is 0.493 e. The summed E-state index contributed by atoms with van der Waals surface area (Å²) in [6.45, 7) is 4.23. The topological polar surface area (TPSA) is 60.5 Å².